The number of carbonyl (C=O) groups excluding carboxylic acids is 1. The molecule has 1 aliphatic carbocycles. The third kappa shape index (κ3) is 2.97. The van der Waals surface area contributed by atoms with Crippen LogP contribution < -0.4 is 5.32 Å². The molecule has 4 rings (SSSR count). The summed E-state index contributed by atoms with van der Waals surface area (Å²) >= 11 is 5.98. The summed E-state index contributed by atoms with van der Waals surface area (Å²) in [6, 6.07) is 9.74. The number of aromatic nitrogens is 2. The average Bonchev–Trinajstić information content (AvgIpc) is 3.20. The molecule has 2 aromatic carbocycles. The van der Waals surface area contributed by atoms with Gasteiger partial charge in [-0.25, -0.2) is 13.5 Å². The molecule has 0 saturated carbocycles. The van der Waals surface area contributed by atoms with Crippen LogP contribution in [0.3, 0.4) is 0 Å². The first-order valence-corrected chi connectivity index (χ1v) is 8.54. The Balaban J connectivity index is 1.69. The predicted octanol–water partition coefficient (Wildman–Crippen LogP) is 4.54. The maximum absolute atomic E-state index is 13.2. The van der Waals surface area contributed by atoms with E-state index in [2.05, 4.69) is 10.4 Å². The van der Waals surface area contributed by atoms with Gasteiger partial charge in [0.15, 0.2) is 5.69 Å². The van der Waals surface area contributed by atoms with Crippen LogP contribution in [0.15, 0.2) is 42.5 Å². The van der Waals surface area contributed by atoms with Crippen molar-refractivity contribution in [3.63, 3.8) is 0 Å². The number of hydrogen-bond acceptors (Lipinski definition) is 2. The van der Waals surface area contributed by atoms with E-state index in [1.165, 1.54) is 24.3 Å². The van der Waals surface area contributed by atoms with Crippen LogP contribution in [0.4, 0.5) is 14.5 Å². The zero-order valence-corrected chi connectivity index (χ0v) is 14.4. The number of fused-ring (bicyclic) bond motifs is 1. The van der Waals surface area contributed by atoms with Gasteiger partial charge in [0.25, 0.3) is 5.91 Å². The fraction of sp³-hybridized carbons (Fsp3) is 0.158. The lowest BCUT2D eigenvalue weighted by atomic mass is 10.2. The number of nitrogens with one attached hydrogen (secondary N) is 1. The van der Waals surface area contributed by atoms with Gasteiger partial charge in [0.1, 0.15) is 11.6 Å². The normalized spacial score (nSPS) is 12.9. The van der Waals surface area contributed by atoms with Gasteiger partial charge in [-0.15, -0.1) is 0 Å². The maximum Gasteiger partial charge on any atom is 0.276 e. The number of benzene rings is 2. The van der Waals surface area contributed by atoms with Gasteiger partial charge in [-0.3, -0.25) is 4.79 Å². The summed E-state index contributed by atoms with van der Waals surface area (Å²) in [5, 5.41) is 7.24. The van der Waals surface area contributed by atoms with Crippen LogP contribution >= 0.6 is 11.6 Å². The Morgan fingerprint density at radius 2 is 1.81 bits per heavy atom. The van der Waals surface area contributed by atoms with E-state index in [1.807, 2.05) is 0 Å². The molecule has 1 aromatic heterocycles. The molecule has 0 radical (unpaired) electrons. The molecule has 0 spiro atoms. The van der Waals surface area contributed by atoms with E-state index < -0.39 is 11.7 Å². The predicted molar refractivity (Wildman–Crippen MR) is 94.9 cm³/mol. The first-order chi connectivity index (χ1) is 12.5. The van der Waals surface area contributed by atoms with Gasteiger partial charge in [-0.2, -0.15) is 5.10 Å². The number of nitrogens with zero attached hydrogens (tertiary/aromatic N) is 2. The van der Waals surface area contributed by atoms with E-state index >= 15 is 0 Å². The summed E-state index contributed by atoms with van der Waals surface area (Å²) < 4.78 is 28.0. The Hall–Kier alpha value is -2.73. The largest absolute Gasteiger partial charge is 0.319 e. The van der Waals surface area contributed by atoms with Gasteiger partial charge in [0.2, 0.25) is 0 Å². The minimum Gasteiger partial charge on any atom is -0.319 e. The molecule has 0 unspecified atom stereocenters. The van der Waals surface area contributed by atoms with Gasteiger partial charge in [0, 0.05) is 11.3 Å². The van der Waals surface area contributed by atoms with E-state index in [0.29, 0.717) is 17.1 Å². The number of halogens is 3. The lowest BCUT2D eigenvalue weighted by Crippen LogP contribution is -2.15. The zero-order chi connectivity index (χ0) is 18.3. The molecule has 0 bridgehead atoms. The van der Waals surface area contributed by atoms with Crippen molar-refractivity contribution < 1.29 is 13.6 Å². The summed E-state index contributed by atoms with van der Waals surface area (Å²) in [7, 11) is 0. The fourth-order valence-corrected chi connectivity index (χ4v) is 3.40. The van der Waals surface area contributed by atoms with Crippen molar-refractivity contribution in [2.45, 2.75) is 19.3 Å². The zero-order valence-electron chi connectivity index (χ0n) is 13.6. The van der Waals surface area contributed by atoms with Gasteiger partial charge < -0.3 is 5.32 Å². The summed E-state index contributed by atoms with van der Waals surface area (Å²) in [6.07, 6.45) is 2.46. The fourth-order valence-electron chi connectivity index (χ4n) is 3.19. The molecule has 1 N–H and O–H groups in total. The highest BCUT2D eigenvalue weighted by Gasteiger charge is 2.27. The molecule has 1 heterocycles. The van der Waals surface area contributed by atoms with Gasteiger partial charge in [-0.1, -0.05) is 11.6 Å². The van der Waals surface area contributed by atoms with E-state index in [0.717, 1.165) is 36.6 Å². The van der Waals surface area contributed by atoms with Crippen molar-refractivity contribution in [3.8, 4) is 5.69 Å². The lowest BCUT2D eigenvalue weighted by molar-refractivity contribution is 0.102. The number of hydrogen-bond donors (Lipinski definition) is 1. The Labute approximate surface area is 153 Å². The minimum absolute atomic E-state index is 0.118. The number of amides is 1. The molecule has 132 valence electrons. The standard InChI is InChI=1S/C19H14ClF2N3O/c20-15-10-12(22)6-9-16(15)23-19(26)18-14-2-1-3-17(14)25(24-18)13-7-4-11(21)5-8-13/h4-10H,1-3H2,(H,23,26). The average molecular weight is 374 g/mol. The Bertz CT molecular complexity index is 999. The summed E-state index contributed by atoms with van der Waals surface area (Å²) in [5.41, 5.74) is 3.16. The number of rotatable bonds is 3. The number of carbonyl (C=O) groups is 1. The van der Waals surface area contributed by atoms with Crippen LogP contribution in [0, 0.1) is 11.6 Å². The summed E-state index contributed by atoms with van der Waals surface area (Å²) in [4.78, 5) is 12.7. The molecule has 0 aliphatic heterocycles. The maximum atomic E-state index is 13.2. The SMILES string of the molecule is O=C(Nc1ccc(F)cc1Cl)c1nn(-c2ccc(F)cc2)c2c1CCC2. The third-order valence-electron chi connectivity index (χ3n) is 4.40. The monoisotopic (exact) mass is 373 g/mol. The molecule has 4 nitrogen and oxygen atoms in total. The molecule has 0 atom stereocenters. The topological polar surface area (TPSA) is 46.9 Å². The second-order valence-electron chi connectivity index (χ2n) is 6.09. The second-order valence-corrected chi connectivity index (χ2v) is 6.50. The Morgan fingerprint density at radius 3 is 2.54 bits per heavy atom. The smallest absolute Gasteiger partial charge is 0.276 e. The molecule has 3 aromatic rings. The van der Waals surface area contributed by atoms with Gasteiger partial charge in [-0.05, 0) is 61.7 Å². The quantitative estimate of drug-likeness (QED) is 0.732. The van der Waals surface area contributed by atoms with Crippen LogP contribution in [0.2, 0.25) is 5.02 Å². The van der Waals surface area contributed by atoms with E-state index in [9.17, 15) is 13.6 Å². The summed E-state index contributed by atoms with van der Waals surface area (Å²) in [5.74, 6) is -1.21. The molecular formula is C19H14ClF2N3O. The highest BCUT2D eigenvalue weighted by molar-refractivity contribution is 6.33. The number of anilines is 1. The summed E-state index contributed by atoms with van der Waals surface area (Å²) in [6.45, 7) is 0. The molecule has 7 heteroatoms. The van der Waals surface area contributed by atoms with Crippen LogP contribution in [-0.2, 0) is 12.8 Å². The van der Waals surface area contributed by atoms with Crippen molar-refractivity contribution in [2.75, 3.05) is 5.32 Å². The van der Waals surface area contributed by atoms with Crippen LogP contribution in [0.25, 0.3) is 5.69 Å². The van der Waals surface area contributed by atoms with Crippen molar-refractivity contribution in [1.29, 1.82) is 0 Å². The first kappa shape index (κ1) is 16.7. The molecule has 0 fully saturated rings. The van der Waals surface area contributed by atoms with Gasteiger partial charge >= 0.3 is 0 Å². The third-order valence-corrected chi connectivity index (χ3v) is 4.71. The highest BCUT2D eigenvalue weighted by atomic mass is 35.5. The van der Waals surface area contributed by atoms with Crippen molar-refractivity contribution in [2.24, 2.45) is 0 Å². The van der Waals surface area contributed by atoms with Crippen LogP contribution in [0.1, 0.15) is 28.2 Å². The van der Waals surface area contributed by atoms with Crippen molar-refractivity contribution >= 4 is 23.2 Å². The molecular weight excluding hydrogens is 360 g/mol. The van der Waals surface area contributed by atoms with Crippen LogP contribution in [-0.4, -0.2) is 15.7 Å². The molecule has 0 saturated heterocycles. The molecule has 1 aliphatic rings. The highest BCUT2D eigenvalue weighted by Crippen LogP contribution is 2.29. The van der Waals surface area contributed by atoms with Gasteiger partial charge in [0.05, 0.1) is 16.4 Å². The second kappa shape index (κ2) is 6.53. The Morgan fingerprint density at radius 1 is 1.08 bits per heavy atom. The first-order valence-electron chi connectivity index (χ1n) is 8.16. The van der Waals surface area contributed by atoms with E-state index in [4.69, 9.17) is 11.6 Å². The van der Waals surface area contributed by atoms with E-state index in [-0.39, 0.29) is 10.8 Å². The van der Waals surface area contributed by atoms with Crippen LogP contribution in [0.5, 0.6) is 0 Å². The lowest BCUT2D eigenvalue weighted by Gasteiger charge is -2.07. The van der Waals surface area contributed by atoms with E-state index in [1.54, 1.807) is 16.8 Å². The van der Waals surface area contributed by atoms with Crippen molar-refractivity contribution in [1.82, 2.24) is 9.78 Å². The Kier molecular flexibility index (Phi) is 4.20. The minimum atomic E-state index is -0.477. The van der Waals surface area contributed by atoms with Crippen molar-refractivity contribution in [3.05, 3.63) is 76.1 Å². The molecule has 1 amide bonds. The molecule has 26 heavy (non-hydrogen) atoms.